The van der Waals surface area contributed by atoms with E-state index in [2.05, 4.69) is 0 Å². The highest BCUT2D eigenvalue weighted by molar-refractivity contribution is 5.68. The lowest BCUT2D eigenvalue weighted by Gasteiger charge is -2.48. The third-order valence-corrected chi connectivity index (χ3v) is 8.81. The first-order valence-corrected chi connectivity index (χ1v) is 18.2. The third-order valence-electron chi connectivity index (χ3n) is 8.81. The molecule has 0 radical (unpaired) electrons. The lowest BCUT2D eigenvalue weighted by Crippen LogP contribution is -2.67. The molecule has 0 spiro atoms. The molecule has 2 aliphatic heterocycles. The van der Waals surface area contributed by atoms with E-state index in [1.165, 1.54) is 6.92 Å². The molecule has 0 aromatic heterocycles. The summed E-state index contributed by atoms with van der Waals surface area (Å²) in [6, 6.07) is 28.0. The van der Waals surface area contributed by atoms with Gasteiger partial charge in [0.25, 0.3) is 0 Å². The monoisotopic (exact) mass is 780 g/mol. The second kappa shape index (κ2) is 21.0. The number of rotatable bonds is 17. The number of aliphatic hydroxyl groups excluding tert-OH is 1. The van der Waals surface area contributed by atoms with Crippen LogP contribution in [0.1, 0.15) is 44.4 Å². The van der Waals surface area contributed by atoms with Crippen molar-refractivity contribution in [1.82, 2.24) is 0 Å². The average Bonchev–Trinajstić information content (AvgIpc) is 3.16. The Bertz CT molecular complexity index is 1690. The van der Waals surface area contributed by atoms with E-state index in [0.717, 1.165) is 37.5 Å². The molecule has 0 unspecified atom stereocenters. The van der Waals surface area contributed by atoms with E-state index in [4.69, 9.17) is 47.4 Å². The van der Waals surface area contributed by atoms with E-state index < -0.39 is 91.9 Å². The van der Waals surface area contributed by atoms with Gasteiger partial charge in [-0.25, -0.2) is 0 Å². The molecule has 3 aromatic carbocycles. The molecule has 10 atom stereocenters. The number of ether oxygens (including phenoxy) is 10. The summed E-state index contributed by atoms with van der Waals surface area (Å²) >= 11 is 0. The van der Waals surface area contributed by atoms with E-state index in [-0.39, 0.29) is 26.4 Å². The molecule has 15 nitrogen and oxygen atoms in total. The van der Waals surface area contributed by atoms with Crippen LogP contribution in [0.4, 0.5) is 0 Å². The summed E-state index contributed by atoms with van der Waals surface area (Å²) in [6.45, 7) is 4.35. The zero-order valence-corrected chi connectivity index (χ0v) is 31.6. The largest absolute Gasteiger partial charge is 0.463 e. The fourth-order valence-electron chi connectivity index (χ4n) is 6.42. The number of hydrogen-bond acceptors (Lipinski definition) is 15. The second-order valence-corrected chi connectivity index (χ2v) is 13.3. The van der Waals surface area contributed by atoms with Gasteiger partial charge in [0.05, 0.1) is 26.4 Å². The van der Waals surface area contributed by atoms with Crippen LogP contribution in [0.15, 0.2) is 91.0 Å². The molecular formula is C41H48O15. The highest BCUT2D eigenvalue weighted by Gasteiger charge is 2.56. The van der Waals surface area contributed by atoms with Crippen molar-refractivity contribution in [3.63, 3.8) is 0 Å². The van der Waals surface area contributed by atoms with Gasteiger partial charge in [0.2, 0.25) is 0 Å². The lowest BCUT2D eigenvalue weighted by molar-refractivity contribution is -0.366. The normalized spacial score (nSPS) is 27.4. The first-order chi connectivity index (χ1) is 27.0. The Morgan fingerprint density at radius 3 is 1.50 bits per heavy atom. The van der Waals surface area contributed by atoms with Crippen LogP contribution in [-0.2, 0) is 86.4 Å². The van der Waals surface area contributed by atoms with Crippen LogP contribution in [0, 0.1) is 0 Å². The van der Waals surface area contributed by atoms with Gasteiger partial charge >= 0.3 is 23.9 Å². The topological polar surface area (TPSA) is 181 Å². The lowest BCUT2D eigenvalue weighted by atomic mass is 9.96. The van der Waals surface area contributed by atoms with E-state index >= 15 is 0 Å². The first-order valence-electron chi connectivity index (χ1n) is 18.2. The summed E-state index contributed by atoms with van der Waals surface area (Å²) in [5, 5.41) is 11.6. The molecule has 5 rings (SSSR count). The van der Waals surface area contributed by atoms with Crippen molar-refractivity contribution in [2.24, 2.45) is 0 Å². The molecule has 0 bridgehead atoms. The quantitative estimate of drug-likeness (QED) is 0.155. The standard InChI is InChI=1S/C41H48O15/c1-25(42)48-24-33-35(51-26(2)43)37(52-27(3)44)39(53-28(4)45)41(55-33)56-36-34(49-21-30-16-10-6-11-17-30)32(23-47-20-29-14-8-5-9-15-29)54-40(46)38(36)50-22-31-18-12-7-13-19-31/h5-19,32-41,46H,20-24H2,1-4H3/t32-,33-,34-,35-,36+,37+,38-,39-,40+,41+/m1/s1. The zero-order valence-electron chi connectivity index (χ0n) is 31.6. The summed E-state index contributed by atoms with van der Waals surface area (Å²) in [4.78, 5) is 49.4. The minimum Gasteiger partial charge on any atom is -0.463 e. The third kappa shape index (κ3) is 12.4. The fourth-order valence-corrected chi connectivity index (χ4v) is 6.42. The average molecular weight is 781 g/mol. The van der Waals surface area contributed by atoms with Crippen LogP contribution >= 0.6 is 0 Å². The van der Waals surface area contributed by atoms with Gasteiger partial charge in [-0.2, -0.15) is 0 Å². The van der Waals surface area contributed by atoms with Crippen LogP contribution in [0.2, 0.25) is 0 Å². The molecule has 15 heteroatoms. The van der Waals surface area contributed by atoms with Gasteiger partial charge in [-0.05, 0) is 16.7 Å². The van der Waals surface area contributed by atoms with Crippen LogP contribution in [-0.4, -0.2) is 104 Å². The molecule has 56 heavy (non-hydrogen) atoms. The Labute approximate surface area is 325 Å². The number of hydrogen-bond donors (Lipinski definition) is 1. The molecule has 0 saturated carbocycles. The maximum Gasteiger partial charge on any atom is 0.303 e. The summed E-state index contributed by atoms with van der Waals surface area (Å²) in [5.74, 6) is -3.06. The Morgan fingerprint density at radius 1 is 0.518 bits per heavy atom. The summed E-state index contributed by atoms with van der Waals surface area (Å²) in [5.41, 5.74) is 2.50. The number of carbonyl (C=O) groups excluding carboxylic acids is 4. The molecule has 0 aliphatic carbocycles. The van der Waals surface area contributed by atoms with Gasteiger partial charge < -0.3 is 52.5 Å². The van der Waals surface area contributed by atoms with Crippen molar-refractivity contribution in [2.45, 2.75) is 109 Å². The van der Waals surface area contributed by atoms with Gasteiger partial charge in [0, 0.05) is 27.7 Å². The van der Waals surface area contributed by atoms with Crippen molar-refractivity contribution in [3.8, 4) is 0 Å². The molecule has 2 fully saturated rings. The van der Waals surface area contributed by atoms with Crippen LogP contribution in [0.5, 0.6) is 0 Å². The smallest absolute Gasteiger partial charge is 0.303 e. The maximum absolute atomic E-state index is 12.6. The van der Waals surface area contributed by atoms with E-state index in [1.807, 2.05) is 91.0 Å². The van der Waals surface area contributed by atoms with Crippen LogP contribution in [0.25, 0.3) is 0 Å². The summed E-state index contributed by atoms with van der Waals surface area (Å²) in [6.07, 6.45) is -13.5. The van der Waals surface area contributed by atoms with Gasteiger partial charge in [0.1, 0.15) is 37.1 Å². The summed E-state index contributed by atoms with van der Waals surface area (Å²) in [7, 11) is 0. The van der Waals surface area contributed by atoms with Crippen LogP contribution in [0.3, 0.4) is 0 Å². The van der Waals surface area contributed by atoms with Gasteiger partial charge in [-0.1, -0.05) is 91.0 Å². The first kappa shape index (κ1) is 42.4. The molecular weight excluding hydrogens is 732 g/mol. The minimum atomic E-state index is -1.61. The molecule has 2 heterocycles. The fraction of sp³-hybridized carbons (Fsp3) is 0.463. The van der Waals surface area contributed by atoms with E-state index in [0.29, 0.717) is 0 Å². The Morgan fingerprint density at radius 2 is 0.982 bits per heavy atom. The Balaban J connectivity index is 1.54. The predicted octanol–water partition coefficient (Wildman–Crippen LogP) is 3.56. The number of aliphatic hydroxyl groups is 1. The van der Waals surface area contributed by atoms with Crippen molar-refractivity contribution >= 4 is 23.9 Å². The van der Waals surface area contributed by atoms with Crippen molar-refractivity contribution in [2.75, 3.05) is 13.2 Å². The van der Waals surface area contributed by atoms with Gasteiger partial charge in [0.15, 0.2) is 30.9 Å². The number of esters is 4. The minimum absolute atomic E-state index is 0.0188. The van der Waals surface area contributed by atoms with E-state index in [1.54, 1.807) is 0 Å². The SMILES string of the molecule is CC(=O)OC[C@H]1O[C@@H](O[C@@H]2[C@@H](OCc3ccccc3)[C@@H](O)O[C@H](COCc3ccccc3)[C@H]2OCc2ccccc2)[C@H](OC(C)=O)[C@@H](OC(C)=O)[C@@H]1OC(C)=O. The molecule has 3 aromatic rings. The molecule has 302 valence electrons. The highest BCUT2D eigenvalue weighted by Crippen LogP contribution is 2.35. The predicted molar refractivity (Wildman–Crippen MR) is 194 cm³/mol. The van der Waals surface area contributed by atoms with Crippen molar-refractivity contribution in [3.05, 3.63) is 108 Å². The molecule has 2 saturated heterocycles. The summed E-state index contributed by atoms with van der Waals surface area (Å²) < 4.78 is 60.2. The maximum atomic E-state index is 12.6. The van der Waals surface area contributed by atoms with E-state index in [9.17, 15) is 24.3 Å². The highest BCUT2D eigenvalue weighted by atomic mass is 16.8. The van der Waals surface area contributed by atoms with Crippen LogP contribution < -0.4 is 0 Å². The van der Waals surface area contributed by atoms with Gasteiger partial charge in [-0.15, -0.1) is 0 Å². The Hall–Kier alpha value is -4.74. The van der Waals surface area contributed by atoms with Gasteiger partial charge in [-0.3, -0.25) is 19.2 Å². The Kier molecular flexibility index (Phi) is 15.9. The number of carbonyl (C=O) groups is 4. The zero-order chi connectivity index (χ0) is 40.0. The second-order valence-electron chi connectivity index (χ2n) is 13.3. The molecule has 0 amide bonds. The molecule has 2 aliphatic rings. The number of benzene rings is 3. The molecule has 1 N–H and O–H groups in total. The van der Waals surface area contributed by atoms with Crippen molar-refractivity contribution in [1.29, 1.82) is 0 Å². The van der Waals surface area contributed by atoms with Crippen molar-refractivity contribution < 1.29 is 71.7 Å².